The molecule has 0 aromatic heterocycles. The summed E-state index contributed by atoms with van der Waals surface area (Å²) >= 11 is 0. The van der Waals surface area contributed by atoms with Gasteiger partial charge in [-0.1, -0.05) is 37.3 Å². The summed E-state index contributed by atoms with van der Waals surface area (Å²) in [5, 5.41) is 5.64. The molecule has 1 aromatic carbocycles. The molecular formula is C24H37N3O4. The molecule has 0 saturated heterocycles. The van der Waals surface area contributed by atoms with Crippen LogP contribution < -0.4 is 10.6 Å². The number of hydrogen-bond donors (Lipinski definition) is 2. The maximum Gasteiger partial charge on any atom is 0.408 e. The Hall–Kier alpha value is -2.57. The fourth-order valence-electron chi connectivity index (χ4n) is 3.45. The van der Waals surface area contributed by atoms with Crippen molar-refractivity contribution in [2.75, 3.05) is 0 Å². The number of hydrogen-bond acceptors (Lipinski definition) is 4. The summed E-state index contributed by atoms with van der Waals surface area (Å²) in [5.74, 6) is -0.264. The Kier molecular flexibility index (Phi) is 7.40. The van der Waals surface area contributed by atoms with Crippen LogP contribution >= 0.6 is 0 Å². The van der Waals surface area contributed by atoms with E-state index < -0.39 is 29.3 Å². The zero-order chi connectivity index (χ0) is 23.6. The average Bonchev–Trinajstić information content (AvgIpc) is 3.32. The molecule has 7 nitrogen and oxygen atoms in total. The molecule has 0 radical (unpaired) electrons. The van der Waals surface area contributed by atoms with E-state index in [2.05, 4.69) is 17.6 Å². The van der Waals surface area contributed by atoms with Crippen LogP contribution in [-0.2, 0) is 14.3 Å². The van der Waals surface area contributed by atoms with E-state index in [4.69, 9.17) is 4.74 Å². The van der Waals surface area contributed by atoms with Crippen LogP contribution in [0.4, 0.5) is 4.79 Å². The van der Waals surface area contributed by atoms with Crippen molar-refractivity contribution in [2.45, 2.75) is 91.1 Å². The molecule has 1 saturated carbocycles. The smallest absolute Gasteiger partial charge is 0.408 e. The second kappa shape index (κ2) is 9.28. The minimum absolute atomic E-state index is 0.0636. The predicted molar refractivity (Wildman–Crippen MR) is 120 cm³/mol. The summed E-state index contributed by atoms with van der Waals surface area (Å²) in [6, 6.07) is 7.61. The van der Waals surface area contributed by atoms with Crippen molar-refractivity contribution in [3.63, 3.8) is 0 Å². The van der Waals surface area contributed by atoms with Gasteiger partial charge in [0.2, 0.25) is 11.8 Å². The van der Waals surface area contributed by atoms with Crippen LogP contribution in [0.15, 0.2) is 30.3 Å². The molecule has 0 aliphatic heterocycles. The molecule has 1 aliphatic carbocycles. The normalized spacial score (nSPS) is 20.3. The van der Waals surface area contributed by atoms with E-state index >= 15 is 0 Å². The highest BCUT2D eigenvalue weighted by atomic mass is 16.6. The molecule has 7 heteroatoms. The minimum atomic E-state index is -0.837. The molecule has 4 unspecified atom stereocenters. The van der Waals surface area contributed by atoms with Crippen LogP contribution in [0.2, 0.25) is 0 Å². The van der Waals surface area contributed by atoms with Gasteiger partial charge in [0.1, 0.15) is 17.7 Å². The summed E-state index contributed by atoms with van der Waals surface area (Å²) in [6.45, 7) is 14.7. The van der Waals surface area contributed by atoms with Crippen molar-refractivity contribution in [3.05, 3.63) is 35.9 Å². The maximum atomic E-state index is 13.5. The van der Waals surface area contributed by atoms with E-state index in [0.29, 0.717) is 0 Å². The van der Waals surface area contributed by atoms with Crippen LogP contribution in [-0.4, -0.2) is 46.0 Å². The van der Waals surface area contributed by atoms with Gasteiger partial charge in [0, 0.05) is 11.6 Å². The first kappa shape index (κ1) is 24.7. The first-order valence-corrected chi connectivity index (χ1v) is 10.9. The summed E-state index contributed by atoms with van der Waals surface area (Å²) in [5.41, 5.74) is -0.383. The number of benzene rings is 1. The Labute approximate surface area is 185 Å². The van der Waals surface area contributed by atoms with Crippen LogP contribution in [0.25, 0.3) is 0 Å². The third-order valence-electron chi connectivity index (χ3n) is 4.92. The lowest BCUT2D eigenvalue weighted by Gasteiger charge is -2.35. The molecule has 2 rings (SSSR count). The van der Waals surface area contributed by atoms with Gasteiger partial charge in [-0.25, -0.2) is 4.79 Å². The minimum Gasteiger partial charge on any atom is -0.444 e. The molecule has 4 atom stereocenters. The van der Waals surface area contributed by atoms with Crippen molar-refractivity contribution < 1.29 is 19.1 Å². The van der Waals surface area contributed by atoms with Gasteiger partial charge >= 0.3 is 6.09 Å². The first-order valence-electron chi connectivity index (χ1n) is 10.9. The molecule has 3 amide bonds. The lowest BCUT2D eigenvalue weighted by Crippen LogP contribution is -2.54. The molecule has 2 N–H and O–H groups in total. The number of rotatable bonds is 6. The third kappa shape index (κ3) is 7.26. The predicted octanol–water partition coefficient (Wildman–Crippen LogP) is 3.79. The van der Waals surface area contributed by atoms with Gasteiger partial charge in [0.05, 0.1) is 0 Å². The number of amides is 3. The van der Waals surface area contributed by atoms with Gasteiger partial charge in [-0.3, -0.25) is 9.59 Å². The number of nitrogens with one attached hydrogen (secondary N) is 2. The molecule has 1 aromatic rings. The summed E-state index contributed by atoms with van der Waals surface area (Å²) in [7, 11) is 0. The molecule has 0 heterocycles. The van der Waals surface area contributed by atoms with E-state index in [-0.39, 0.29) is 23.8 Å². The fraction of sp³-hybridized carbons (Fsp3) is 0.625. The monoisotopic (exact) mass is 431 g/mol. The lowest BCUT2D eigenvalue weighted by atomic mass is 10.0. The second-order valence-corrected chi connectivity index (χ2v) is 10.4. The number of carbonyl (C=O) groups excluding carboxylic acids is 3. The number of carbonyl (C=O) groups is 3. The second-order valence-electron chi connectivity index (χ2n) is 10.4. The molecule has 1 fully saturated rings. The summed E-state index contributed by atoms with van der Waals surface area (Å²) < 4.78 is 5.29. The van der Waals surface area contributed by atoms with Gasteiger partial charge in [-0.15, -0.1) is 0 Å². The molecule has 172 valence electrons. The van der Waals surface area contributed by atoms with Crippen LogP contribution in [0.1, 0.15) is 73.4 Å². The number of nitrogens with zero attached hydrogens (tertiary/aromatic N) is 1. The maximum absolute atomic E-state index is 13.5. The fourth-order valence-corrected chi connectivity index (χ4v) is 3.45. The van der Waals surface area contributed by atoms with Gasteiger partial charge in [0.15, 0.2) is 0 Å². The molecule has 0 spiro atoms. The molecule has 1 aliphatic rings. The van der Waals surface area contributed by atoms with E-state index in [1.807, 2.05) is 51.1 Å². The van der Waals surface area contributed by atoms with Gasteiger partial charge in [0.25, 0.3) is 0 Å². The zero-order valence-electron chi connectivity index (χ0n) is 20.0. The lowest BCUT2D eigenvalue weighted by molar-refractivity contribution is -0.143. The quantitative estimate of drug-likeness (QED) is 0.717. The molecular weight excluding hydrogens is 394 g/mol. The Morgan fingerprint density at radius 1 is 1.06 bits per heavy atom. The summed E-state index contributed by atoms with van der Waals surface area (Å²) in [4.78, 5) is 40.8. The summed E-state index contributed by atoms with van der Waals surface area (Å²) in [6.07, 6.45) is 0.157. The van der Waals surface area contributed by atoms with E-state index in [0.717, 1.165) is 12.0 Å². The first-order chi connectivity index (χ1) is 14.2. The van der Waals surface area contributed by atoms with Crippen LogP contribution in [0, 0.1) is 5.92 Å². The number of alkyl carbamates (subject to hydrolysis) is 1. The van der Waals surface area contributed by atoms with E-state index in [1.165, 1.54) is 0 Å². The number of ether oxygens (including phenoxy) is 1. The zero-order valence-corrected chi connectivity index (χ0v) is 20.0. The Morgan fingerprint density at radius 3 is 2.06 bits per heavy atom. The van der Waals surface area contributed by atoms with Crippen molar-refractivity contribution in [3.8, 4) is 0 Å². The highest BCUT2D eigenvalue weighted by Crippen LogP contribution is 2.40. The highest BCUT2D eigenvalue weighted by molar-refractivity contribution is 5.92. The van der Waals surface area contributed by atoms with Gasteiger partial charge in [-0.05, 0) is 66.4 Å². The van der Waals surface area contributed by atoms with Crippen molar-refractivity contribution >= 4 is 17.9 Å². The van der Waals surface area contributed by atoms with Crippen LogP contribution in [0.5, 0.6) is 0 Å². The van der Waals surface area contributed by atoms with Crippen molar-refractivity contribution in [1.82, 2.24) is 15.5 Å². The van der Waals surface area contributed by atoms with Crippen molar-refractivity contribution in [1.29, 1.82) is 0 Å². The Morgan fingerprint density at radius 2 is 1.61 bits per heavy atom. The standard InChI is InChI=1S/C24H37N3O4/c1-15-14-18(15)27(21(29)16(2)25-22(30)31-24(6,7)8)19(17-12-10-9-11-13-17)20(28)26-23(3,4)5/h9-13,15-16,18-19H,14H2,1-8H3,(H,25,30)(H,26,28). The largest absolute Gasteiger partial charge is 0.444 e. The van der Waals surface area contributed by atoms with Crippen molar-refractivity contribution in [2.24, 2.45) is 5.92 Å². The Bertz CT molecular complexity index is 795. The molecule has 31 heavy (non-hydrogen) atoms. The van der Waals surface area contributed by atoms with Gasteiger partial charge in [-0.2, -0.15) is 0 Å². The molecule has 0 bridgehead atoms. The van der Waals surface area contributed by atoms with E-state index in [9.17, 15) is 14.4 Å². The van der Waals surface area contributed by atoms with Gasteiger partial charge < -0.3 is 20.3 Å². The van der Waals surface area contributed by atoms with E-state index in [1.54, 1.807) is 32.6 Å². The third-order valence-corrected chi connectivity index (χ3v) is 4.92. The highest BCUT2D eigenvalue weighted by Gasteiger charge is 2.47. The SMILES string of the molecule is CC(NC(=O)OC(C)(C)C)C(=O)N(C(C(=O)NC(C)(C)C)c1ccccc1)C1CC1C. The topological polar surface area (TPSA) is 87.7 Å². The average molecular weight is 432 g/mol. The van der Waals surface area contributed by atoms with Crippen LogP contribution in [0.3, 0.4) is 0 Å². The Balaban J connectivity index is 2.34.